The number of aromatic amines is 1. The number of nitrogens with zero attached hydrogens (tertiary/aromatic N) is 1. The lowest BCUT2D eigenvalue weighted by Crippen LogP contribution is -2.04. The topological polar surface area (TPSA) is 85.2 Å². The molecule has 6 nitrogen and oxygen atoms in total. The number of rotatable bonds is 4. The molecule has 2 aromatic rings. The summed E-state index contributed by atoms with van der Waals surface area (Å²) in [6, 6.07) is 5.03. The standard InChI is InChI=1S/C13H12N2O4/c1-2-19-13(16)9-3-4-11-10(5-6-15(17)18)8-14-12(11)7-9/h3-8,14H,2H2,1H3/b6-5+. The van der Waals surface area contributed by atoms with Gasteiger partial charge >= 0.3 is 5.97 Å². The normalized spacial score (nSPS) is 11.0. The second-order valence-electron chi connectivity index (χ2n) is 3.83. The lowest BCUT2D eigenvalue weighted by Gasteiger charge is -2.01. The molecule has 0 bridgehead atoms. The molecule has 1 aromatic heterocycles. The molecule has 0 aliphatic rings. The minimum absolute atomic E-state index is 0.318. The van der Waals surface area contributed by atoms with Gasteiger partial charge in [-0.1, -0.05) is 6.07 Å². The molecule has 1 heterocycles. The Morgan fingerprint density at radius 2 is 2.32 bits per heavy atom. The van der Waals surface area contributed by atoms with Crippen LogP contribution >= 0.6 is 0 Å². The second-order valence-corrected chi connectivity index (χ2v) is 3.83. The van der Waals surface area contributed by atoms with Crippen LogP contribution in [0.1, 0.15) is 22.8 Å². The largest absolute Gasteiger partial charge is 0.462 e. The second kappa shape index (κ2) is 5.34. The average molecular weight is 260 g/mol. The number of carbonyl (C=O) groups is 1. The Morgan fingerprint density at radius 1 is 1.53 bits per heavy atom. The van der Waals surface area contributed by atoms with Gasteiger partial charge in [-0.25, -0.2) is 4.79 Å². The van der Waals surface area contributed by atoms with E-state index in [1.165, 1.54) is 6.08 Å². The van der Waals surface area contributed by atoms with Crippen LogP contribution < -0.4 is 0 Å². The number of aromatic nitrogens is 1. The van der Waals surface area contributed by atoms with Crippen molar-refractivity contribution in [1.82, 2.24) is 4.98 Å². The first-order chi connectivity index (χ1) is 9.11. The Bertz CT molecular complexity index is 658. The lowest BCUT2D eigenvalue weighted by atomic mass is 10.1. The highest BCUT2D eigenvalue weighted by Gasteiger charge is 2.09. The van der Waals surface area contributed by atoms with E-state index in [1.807, 2.05) is 0 Å². The smallest absolute Gasteiger partial charge is 0.338 e. The van der Waals surface area contributed by atoms with Gasteiger partial charge in [0.2, 0.25) is 6.20 Å². The minimum Gasteiger partial charge on any atom is -0.462 e. The van der Waals surface area contributed by atoms with Gasteiger partial charge in [0.15, 0.2) is 0 Å². The zero-order chi connectivity index (χ0) is 13.8. The number of hydrogen-bond acceptors (Lipinski definition) is 4. The molecule has 19 heavy (non-hydrogen) atoms. The molecule has 0 aliphatic carbocycles. The predicted octanol–water partition coefficient (Wildman–Crippen LogP) is 2.59. The van der Waals surface area contributed by atoms with Gasteiger partial charge in [0, 0.05) is 28.7 Å². The lowest BCUT2D eigenvalue weighted by molar-refractivity contribution is -0.400. The highest BCUT2D eigenvalue weighted by atomic mass is 16.6. The number of hydrogen-bond donors (Lipinski definition) is 1. The van der Waals surface area contributed by atoms with Crippen LogP contribution in [0.25, 0.3) is 17.0 Å². The molecule has 0 amide bonds. The maximum atomic E-state index is 11.6. The van der Waals surface area contributed by atoms with Crippen molar-refractivity contribution in [2.45, 2.75) is 6.92 Å². The van der Waals surface area contributed by atoms with Crippen LogP contribution in [-0.4, -0.2) is 22.5 Å². The van der Waals surface area contributed by atoms with E-state index in [4.69, 9.17) is 4.74 Å². The van der Waals surface area contributed by atoms with Crippen molar-refractivity contribution >= 4 is 22.9 Å². The van der Waals surface area contributed by atoms with E-state index in [0.717, 1.165) is 17.1 Å². The van der Waals surface area contributed by atoms with Crippen molar-refractivity contribution in [1.29, 1.82) is 0 Å². The first kappa shape index (κ1) is 12.8. The molecule has 0 aliphatic heterocycles. The Morgan fingerprint density at radius 3 is 3.00 bits per heavy atom. The molecule has 0 fully saturated rings. The number of carbonyl (C=O) groups excluding carboxylic acids is 1. The van der Waals surface area contributed by atoms with Crippen LogP contribution in [-0.2, 0) is 4.74 Å². The number of nitro groups is 1. The molecule has 0 radical (unpaired) electrons. The monoisotopic (exact) mass is 260 g/mol. The van der Waals surface area contributed by atoms with Crippen LogP contribution in [0.15, 0.2) is 30.6 Å². The Kier molecular flexibility index (Phi) is 3.61. The van der Waals surface area contributed by atoms with E-state index in [9.17, 15) is 14.9 Å². The third kappa shape index (κ3) is 2.79. The fourth-order valence-electron chi connectivity index (χ4n) is 1.77. The van der Waals surface area contributed by atoms with Gasteiger partial charge in [-0.05, 0) is 19.1 Å². The number of benzene rings is 1. The fourth-order valence-corrected chi connectivity index (χ4v) is 1.77. The van der Waals surface area contributed by atoms with Gasteiger partial charge in [-0.15, -0.1) is 0 Å². The highest BCUT2D eigenvalue weighted by molar-refractivity contribution is 5.96. The molecule has 0 saturated heterocycles. The molecular weight excluding hydrogens is 248 g/mol. The van der Waals surface area contributed by atoms with E-state index in [-0.39, 0.29) is 5.97 Å². The van der Waals surface area contributed by atoms with E-state index >= 15 is 0 Å². The summed E-state index contributed by atoms with van der Waals surface area (Å²) in [5, 5.41) is 11.1. The van der Waals surface area contributed by atoms with Crippen molar-refractivity contribution in [3.8, 4) is 0 Å². The molecule has 1 N–H and O–H groups in total. The highest BCUT2D eigenvalue weighted by Crippen LogP contribution is 2.21. The summed E-state index contributed by atoms with van der Waals surface area (Å²) in [5.74, 6) is -0.388. The van der Waals surface area contributed by atoms with Crippen molar-refractivity contribution < 1.29 is 14.5 Å². The molecule has 6 heteroatoms. The SMILES string of the molecule is CCOC(=O)c1ccc2c(/C=C/[N+](=O)[O-])c[nH]c2c1. The average Bonchev–Trinajstić information content (AvgIpc) is 2.78. The van der Waals surface area contributed by atoms with Crippen molar-refractivity contribution in [2.24, 2.45) is 0 Å². The van der Waals surface area contributed by atoms with Gasteiger partial charge < -0.3 is 9.72 Å². The molecule has 2 rings (SSSR count). The van der Waals surface area contributed by atoms with Crippen LogP contribution in [0, 0.1) is 10.1 Å². The number of fused-ring (bicyclic) bond motifs is 1. The van der Waals surface area contributed by atoms with Gasteiger partial charge in [0.1, 0.15) is 0 Å². The van der Waals surface area contributed by atoms with E-state index in [2.05, 4.69) is 4.98 Å². The number of ether oxygens (including phenoxy) is 1. The maximum Gasteiger partial charge on any atom is 0.338 e. The summed E-state index contributed by atoms with van der Waals surface area (Å²) in [4.78, 5) is 24.3. The van der Waals surface area contributed by atoms with Crippen molar-refractivity contribution in [3.63, 3.8) is 0 Å². The van der Waals surface area contributed by atoms with E-state index in [1.54, 1.807) is 31.3 Å². The van der Waals surface area contributed by atoms with Crippen molar-refractivity contribution in [2.75, 3.05) is 6.61 Å². The number of H-pyrrole nitrogens is 1. The van der Waals surface area contributed by atoms with Gasteiger partial charge in [-0.2, -0.15) is 0 Å². The minimum atomic E-state index is -0.522. The van der Waals surface area contributed by atoms with Gasteiger partial charge in [0.05, 0.1) is 17.1 Å². The Balaban J connectivity index is 2.36. The first-order valence-corrected chi connectivity index (χ1v) is 5.71. The summed E-state index contributed by atoms with van der Waals surface area (Å²) in [5.41, 5.74) is 1.87. The van der Waals surface area contributed by atoms with Crippen molar-refractivity contribution in [3.05, 3.63) is 51.8 Å². The molecule has 0 saturated carbocycles. The summed E-state index contributed by atoms with van der Waals surface area (Å²) in [6.45, 7) is 2.06. The first-order valence-electron chi connectivity index (χ1n) is 5.71. The van der Waals surface area contributed by atoms with Crippen LogP contribution in [0.2, 0.25) is 0 Å². The molecular formula is C13H12N2O4. The number of esters is 1. The summed E-state index contributed by atoms with van der Waals surface area (Å²) >= 11 is 0. The number of nitrogens with one attached hydrogen (secondary N) is 1. The third-order valence-corrected chi connectivity index (χ3v) is 2.60. The zero-order valence-corrected chi connectivity index (χ0v) is 10.3. The molecule has 0 spiro atoms. The van der Waals surface area contributed by atoms with E-state index in [0.29, 0.717) is 17.7 Å². The third-order valence-electron chi connectivity index (χ3n) is 2.60. The molecule has 0 unspecified atom stereocenters. The van der Waals surface area contributed by atoms with Crippen LogP contribution in [0.4, 0.5) is 0 Å². The molecule has 0 atom stereocenters. The fraction of sp³-hybridized carbons (Fsp3) is 0.154. The maximum absolute atomic E-state index is 11.6. The Labute approximate surface area is 108 Å². The summed E-state index contributed by atoms with van der Waals surface area (Å²) in [6.07, 6.45) is 3.93. The van der Waals surface area contributed by atoms with Gasteiger partial charge in [0.25, 0.3) is 0 Å². The van der Waals surface area contributed by atoms with E-state index < -0.39 is 4.92 Å². The summed E-state index contributed by atoms with van der Waals surface area (Å²) < 4.78 is 4.91. The quantitative estimate of drug-likeness (QED) is 0.520. The van der Waals surface area contributed by atoms with Crippen LogP contribution in [0.5, 0.6) is 0 Å². The molecule has 98 valence electrons. The van der Waals surface area contributed by atoms with Gasteiger partial charge in [-0.3, -0.25) is 10.1 Å². The predicted molar refractivity (Wildman–Crippen MR) is 70.3 cm³/mol. The Hall–Kier alpha value is -2.63. The van der Waals surface area contributed by atoms with Crippen LogP contribution in [0.3, 0.4) is 0 Å². The summed E-state index contributed by atoms with van der Waals surface area (Å²) in [7, 11) is 0. The zero-order valence-electron chi connectivity index (χ0n) is 10.3. The molecule has 1 aromatic carbocycles.